The molecule has 0 bridgehead atoms. The van der Waals surface area contributed by atoms with E-state index in [4.69, 9.17) is 11.6 Å². The Kier molecular flexibility index (Phi) is 6.24. The van der Waals surface area contributed by atoms with Crippen molar-refractivity contribution >= 4 is 54.6 Å². The molecule has 0 fully saturated rings. The monoisotopic (exact) mass is 471 g/mol. The van der Waals surface area contributed by atoms with Gasteiger partial charge in [0.2, 0.25) is 0 Å². The second-order valence-electron chi connectivity index (χ2n) is 5.63. The smallest absolute Gasteiger partial charge is 0.266 e. The highest BCUT2D eigenvalue weighted by Gasteiger charge is 2.19. The molecule has 0 aliphatic carbocycles. The van der Waals surface area contributed by atoms with Crippen LogP contribution in [0.25, 0.3) is 0 Å². The Bertz CT molecular complexity index is 1230. The quantitative estimate of drug-likeness (QED) is 0.457. The summed E-state index contributed by atoms with van der Waals surface area (Å²) in [5, 5.41) is 2.04. The first-order valence-electron chi connectivity index (χ1n) is 7.91. The zero-order chi connectivity index (χ0) is 21.1. The highest BCUT2D eigenvalue weighted by Crippen LogP contribution is 2.19. The summed E-state index contributed by atoms with van der Waals surface area (Å²) in [7, 11) is -7.88. The van der Waals surface area contributed by atoms with Crippen LogP contribution in [0.2, 0.25) is 5.02 Å². The molecule has 0 saturated heterocycles. The zero-order valence-electron chi connectivity index (χ0n) is 14.5. The molecule has 3 N–H and O–H groups in total. The minimum atomic E-state index is -3.97. The molecule has 0 aliphatic rings. The van der Waals surface area contributed by atoms with E-state index in [9.17, 15) is 21.6 Å². The number of nitrogens with one attached hydrogen (secondary N) is 3. The lowest BCUT2D eigenvalue weighted by Gasteiger charge is -2.10. The molecule has 152 valence electrons. The van der Waals surface area contributed by atoms with Gasteiger partial charge in [-0.1, -0.05) is 23.7 Å². The molecule has 12 heteroatoms. The fraction of sp³-hybridized carbons (Fsp3) is 0. The Morgan fingerprint density at radius 1 is 0.897 bits per heavy atom. The SMILES string of the molecule is O=C(NNS(=O)(=O)c1cccs1)c1cccc(S(=O)(=O)Nc2ccc(Cl)cc2)c1. The van der Waals surface area contributed by atoms with Crippen LogP contribution in [0.3, 0.4) is 0 Å². The van der Waals surface area contributed by atoms with Crippen molar-refractivity contribution in [1.82, 2.24) is 10.3 Å². The first-order valence-corrected chi connectivity index (χ1v) is 12.1. The third kappa shape index (κ3) is 5.34. The van der Waals surface area contributed by atoms with E-state index >= 15 is 0 Å². The number of carbonyl (C=O) groups excluding carboxylic acids is 1. The lowest BCUT2D eigenvalue weighted by Crippen LogP contribution is -2.41. The van der Waals surface area contributed by atoms with Gasteiger partial charge in [0.1, 0.15) is 4.21 Å². The van der Waals surface area contributed by atoms with Crippen LogP contribution < -0.4 is 15.0 Å². The summed E-state index contributed by atoms with van der Waals surface area (Å²) >= 11 is 6.77. The molecule has 0 saturated carbocycles. The van der Waals surface area contributed by atoms with Gasteiger partial charge in [-0.3, -0.25) is 14.9 Å². The number of hydrogen-bond donors (Lipinski definition) is 3. The molecule has 29 heavy (non-hydrogen) atoms. The lowest BCUT2D eigenvalue weighted by molar-refractivity contribution is 0.0945. The highest BCUT2D eigenvalue weighted by molar-refractivity contribution is 7.92. The van der Waals surface area contributed by atoms with Gasteiger partial charge in [0.05, 0.1) is 4.90 Å². The first-order chi connectivity index (χ1) is 13.7. The van der Waals surface area contributed by atoms with Gasteiger partial charge in [0.25, 0.3) is 26.0 Å². The molecule has 0 spiro atoms. The van der Waals surface area contributed by atoms with E-state index in [0.29, 0.717) is 10.7 Å². The van der Waals surface area contributed by atoms with Crippen molar-refractivity contribution in [3.05, 3.63) is 76.6 Å². The number of sulfonamides is 2. The van der Waals surface area contributed by atoms with Gasteiger partial charge in [-0.15, -0.1) is 16.2 Å². The van der Waals surface area contributed by atoms with Crippen LogP contribution >= 0.6 is 22.9 Å². The van der Waals surface area contributed by atoms with Crippen molar-refractivity contribution < 1.29 is 21.6 Å². The van der Waals surface area contributed by atoms with Crippen molar-refractivity contribution in [2.75, 3.05) is 4.72 Å². The zero-order valence-corrected chi connectivity index (χ0v) is 17.7. The van der Waals surface area contributed by atoms with E-state index in [1.54, 1.807) is 11.4 Å². The van der Waals surface area contributed by atoms with E-state index in [1.165, 1.54) is 48.5 Å². The molecule has 0 radical (unpaired) electrons. The highest BCUT2D eigenvalue weighted by atomic mass is 35.5. The minimum Gasteiger partial charge on any atom is -0.280 e. The summed E-state index contributed by atoms with van der Waals surface area (Å²) in [6.45, 7) is 0. The molecule has 2 aromatic carbocycles. The van der Waals surface area contributed by atoms with E-state index in [2.05, 4.69) is 10.1 Å². The van der Waals surface area contributed by atoms with E-state index in [1.807, 2.05) is 4.83 Å². The van der Waals surface area contributed by atoms with Crippen molar-refractivity contribution in [1.29, 1.82) is 0 Å². The van der Waals surface area contributed by atoms with Crippen molar-refractivity contribution in [3.63, 3.8) is 0 Å². The van der Waals surface area contributed by atoms with Gasteiger partial charge in [-0.25, -0.2) is 16.8 Å². The number of thiophene rings is 1. The van der Waals surface area contributed by atoms with Gasteiger partial charge in [-0.05, 0) is 53.9 Å². The number of rotatable bonds is 7. The normalized spacial score (nSPS) is 11.8. The minimum absolute atomic E-state index is 0.0290. The largest absolute Gasteiger partial charge is 0.280 e. The summed E-state index contributed by atoms with van der Waals surface area (Å²) in [5.74, 6) is -0.811. The summed E-state index contributed by atoms with van der Waals surface area (Å²) in [5.41, 5.74) is 2.32. The standard InChI is InChI=1S/C17H14ClN3O5S3/c18-13-6-8-14(9-7-13)20-28(23,24)15-4-1-3-12(11-15)17(22)19-21-29(25,26)16-5-2-10-27-16/h1-11,20-21H,(H,19,22). The van der Waals surface area contributed by atoms with Gasteiger partial charge >= 0.3 is 0 Å². The summed E-state index contributed by atoms with van der Waals surface area (Å²) in [6.07, 6.45) is 0. The van der Waals surface area contributed by atoms with Crippen molar-refractivity contribution in [2.24, 2.45) is 0 Å². The average Bonchev–Trinajstić information content (AvgIpc) is 3.24. The second kappa shape index (κ2) is 8.51. The number of carbonyl (C=O) groups is 1. The Labute approximate surface area is 176 Å². The van der Waals surface area contributed by atoms with Crippen LogP contribution in [0.15, 0.2) is 75.1 Å². The van der Waals surface area contributed by atoms with Crippen molar-refractivity contribution in [2.45, 2.75) is 9.10 Å². The number of halogens is 1. The molecule has 3 rings (SSSR count). The Morgan fingerprint density at radius 2 is 1.62 bits per heavy atom. The molecule has 0 atom stereocenters. The maximum Gasteiger partial charge on any atom is 0.266 e. The predicted octanol–water partition coefficient (Wildman–Crippen LogP) is 2.83. The number of amides is 1. The molecule has 1 heterocycles. The first kappa shape index (κ1) is 21.3. The molecule has 1 aromatic heterocycles. The third-order valence-electron chi connectivity index (χ3n) is 3.56. The van der Waals surface area contributed by atoms with Crippen molar-refractivity contribution in [3.8, 4) is 0 Å². The maximum absolute atomic E-state index is 12.5. The summed E-state index contributed by atoms with van der Waals surface area (Å²) in [4.78, 5) is 14.1. The number of benzene rings is 2. The molecular formula is C17H14ClN3O5S3. The van der Waals surface area contributed by atoms with Crippen LogP contribution in [0.1, 0.15) is 10.4 Å². The third-order valence-corrected chi connectivity index (χ3v) is 7.84. The lowest BCUT2D eigenvalue weighted by atomic mass is 10.2. The fourth-order valence-electron chi connectivity index (χ4n) is 2.19. The molecule has 1 amide bonds. The Morgan fingerprint density at radius 3 is 2.28 bits per heavy atom. The topological polar surface area (TPSA) is 121 Å². The van der Waals surface area contributed by atoms with Crippen LogP contribution in [-0.2, 0) is 20.0 Å². The van der Waals surface area contributed by atoms with E-state index < -0.39 is 26.0 Å². The van der Waals surface area contributed by atoms with E-state index in [-0.39, 0.29) is 14.7 Å². The van der Waals surface area contributed by atoms with E-state index in [0.717, 1.165) is 17.4 Å². The number of hydrazine groups is 1. The molecule has 8 nitrogen and oxygen atoms in total. The Balaban J connectivity index is 1.74. The van der Waals surface area contributed by atoms with Gasteiger partial charge in [0.15, 0.2) is 0 Å². The number of anilines is 1. The Hall–Kier alpha value is -2.44. The van der Waals surface area contributed by atoms with Crippen LogP contribution in [-0.4, -0.2) is 22.7 Å². The molecule has 0 unspecified atom stereocenters. The number of hydrogen-bond acceptors (Lipinski definition) is 6. The summed E-state index contributed by atoms with van der Waals surface area (Å²) in [6, 6.07) is 14.2. The summed E-state index contributed by atoms with van der Waals surface area (Å²) < 4.78 is 51.6. The molecule has 3 aromatic rings. The fourth-order valence-corrected chi connectivity index (χ4v) is 5.25. The van der Waals surface area contributed by atoms with Gasteiger partial charge < -0.3 is 0 Å². The predicted molar refractivity (Wildman–Crippen MR) is 111 cm³/mol. The second-order valence-corrected chi connectivity index (χ2v) is 10.6. The molecule has 0 aliphatic heterocycles. The van der Waals surface area contributed by atoms with Crippen LogP contribution in [0, 0.1) is 0 Å². The van der Waals surface area contributed by atoms with Gasteiger partial charge in [-0.2, -0.15) is 0 Å². The maximum atomic E-state index is 12.5. The average molecular weight is 472 g/mol. The molecular weight excluding hydrogens is 458 g/mol. The van der Waals surface area contributed by atoms with Crippen LogP contribution in [0.5, 0.6) is 0 Å². The van der Waals surface area contributed by atoms with Crippen LogP contribution in [0.4, 0.5) is 5.69 Å². The van der Waals surface area contributed by atoms with Gasteiger partial charge in [0, 0.05) is 16.3 Å².